The minimum atomic E-state index is 0.573. The molecule has 1 nitrogen and oxygen atoms in total. The van der Waals surface area contributed by atoms with Gasteiger partial charge in [-0.05, 0) is 36.0 Å². The monoisotopic (exact) mass is 343 g/mol. The normalized spacial score (nSPS) is 18.6. The van der Waals surface area contributed by atoms with Gasteiger partial charge in [-0.15, -0.1) is 0 Å². The van der Waals surface area contributed by atoms with Crippen molar-refractivity contribution in [2.75, 3.05) is 18.0 Å². The highest BCUT2D eigenvalue weighted by molar-refractivity contribution is 9.08. The molecule has 0 aliphatic carbocycles. The fourth-order valence-corrected chi connectivity index (χ4v) is 3.76. The first kappa shape index (κ1) is 15.2. The van der Waals surface area contributed by atoms with Crippen LogP contribution in [0.1, 0.15) is 45.1 Å². The van der Waals surface area contributed by atoms with Crippen LogP contribution in [0.5, 0.6) is 0 Å². The second kappa shape index (κ2) is 6.49. The maximum absolute atomic E-state index is 6.16. The Balaban J connectivity index is 2.15. The third-order valence-corrected chi connectivity index (χ3v) is 5.70. The first-order valence-electron chi connectivity index (χ1n) is 7.23. The van der Waals surface area contributed by atoms with E-state index in [-0.39, 0.29) is 0 Å². The van der Waals surface area contributed by atoms with Gasteiger partial charge in [-0.3, -0.25) is 0 Å². The van der Waals surface area contributed by atoms with E-state index in [4.69, 9.17) is 11.6 Å². The average Bonchev–Trinajstić information content (AvgIpc) is 2.47. The number of halogens is 2. The van der Waals surface area contributed by atoms with Gasteiger partial charge in [0.15, 0.2) is 0 Å². The van der Waals surface area contributed by atoms with E-state index < -0.39 is 0 Å². The predicted molar refractivity (Wildman–Crippen MR) is 88.5 cm³/mol. The van der Waals surface area contributed by atoms with Crippen LogP contribution in [0.4, 0.5) is 5.69 Å². The Labute approximate surface area is 130 Å². The Bertz CT molecular complexity index is 419. The van der Waals surface area contributed by atoms with Crippen LogP contribution < -0.4 is 4.90 Å². The van der Waals surface area contributed by atoms with Gasteiger partial charge in [-0.25, -0.2) is 0 Å². The number of hydrogen-bond donors (Lipinski definition) is 0. The van der Waals surface area contributed by atoms with E-state index in [0.717, 1.165) is 23.4 Å². The molecule has 1 aliphatic rings. The van der Waals surface area contributed by atoms with Crippen molar-refractivity contribution >= 4 is 33.2 Å². The molecule has 1 aromatic carbocycles. The molecule has 0 N–H and O–H groups in total. The zero-order valence-corrected chi connectivity index (χ0v) is 14.2. The summed E-state index contributed by atoms with van der Waals surface area (Å²) in [5.74, 6) is 0. The van der Waals surface area contributed by atoms with Crippen LogP contribution in [-0.2, 0) is 5.33 Å². The lowest BCUT2D eigenvalue weighted by molar-refractivity contribution is 0.199. The summed E-state index contributed by atoms with van der Waals surface area (Å²) in [6.45, 7) is 6.98. The predicted octanol–water partition coefficient (Wildman–Crippen LogP) is 5.64. The minimum absolute atomic E-state index is 0.573. The molecule has 2 rings (SSSR count). The Morgan fingerprint density at radius 1 is 1.21 bits per heavy atom. The lowest BCUT2D eigenvalue weighted by Gasteiger charge is -2.42. The molecule has 0 saturated carbocycles. The van der Waals surface area contributed by atoms with Crippen molar-refractivity contribution in [3.8, 4) is 0 Å². The molecule has 1 saturated heterocycles. The van der Waals surface area contributed by atoms with Crippen LogP contribution in [-0.4, -0.2) is 13.1 Å². The number of anilines is 1. The fraction of sp³-hybridized carbons (Fsp3) is 0.625. The van der Waals surface area contributed by atoms with Gasteiger partial charge in [0.1, 0.15) is 0 Å². The molecular formula is C16H23BrClN. The maximum atomic E-state index is 6.16. The van der Waals surface area contributed by atoms with Gasteiger partial charge in [0.2, 0.25) is 0 Å². The standard InChI is InChI=1S/C16H23BrClN/c1-3-16(4-2)7-9-19(10-8-16)15-11-14(18)6-5-13(15)12-17/h5-6,11H,3-4,7-10,12H2,1-2H3. The van der Waals surface area contributed by atoms with Crippen molar-refractivity contribution in [1.29, 1.82) is 0 Å². The number of hydrogen-bond acceptors (Lipinski definition) is 1. The van der Waals surface area contributed by atoms with E-state index in [1.54, 1.807) is 0 Å². The minimum Gasteiger partial charge on any atom is -0.371 e. The highest BCUT2D eigenvalue weighted by atomic mass is 79.9. The molecule has 1 aromatic rings. The highest BCUT2D eigenvalue weighted by Crippen LogP contribution is 2.40. The lowest BCUT2D eigenvalue weighted by Crippen LogP contribution is -2.40. The van der Waals surface area contributed by atoms with Gasteiger partial charge in [-0.1, -0.05) is 60.3 Å². The summed E-state index contributed by atoms with van der Waals surface area (Å²) in [5.41, 5.74) is 3.22. The largest absolute Gasteiger partial charge is 0.371 e. The molecule has 1 aliphatic heterocycles. The van der Waals surface area contributed by atoms with Crippen LogP contribution >= 0.6 is 27.5 Å². The Morgan fingerprint density at radius 2 is 1.84 bits per heavy atom. The van der Waals surface area contributed by atoms with Gasteiger partial charge in [0.05, 0.1) is 0 Å². The van der Waals surface area contributed by atoms with E-state index in [1.165, 1.54) is 36.9 Å². The molecule has 0 unspecified atom stereocenters. The van der Waals surface area contributed by atoms with Crippen LogP contribution in [0.25, 0.3) is 0 Å². The topological polar surface area (TPSA) is 3.24 Å². The second-order valence-electron chi connectivity index (χ2n) is 5.60. The Kier molecular flexibility index (Phi) is 5.19. The van der Waals surface area contributed by atoms with Crippen LogP contribution in [0.15, 0.2) is 18.2 Å². The van der Waals surface area contributed by atoms with E-state index in [2.05, 4.69) is 46.8 Å². The van der Waals surface area contributed by atoms with Crippen molar-refractivity contribution in [3.05, 3.63) is 28.8 Å². The number of benzene rings is 1. The Morgan fingerprint density at radius 3 is 2.37 bits per heavy atom. The van der Waals surface area contributed by atoms with Crippen molar-refractivity contribution in [1.82, 2.24) is 0 Å². The molecule has 0 amide bonds. The van der Waals surface area contributed by atoms with Crippen molar-refractivity contribution in [2.24, 2.45) is 5.41 Å². The molecule has 0 radical (unpaired) electrons. The summed E-state index contributed by atoms with van der Waals surface area (Å²) in [6.07, 6.45) is 5.21. The highest BCUT2D eigenvalue weighted by Gasteiger charge is 2.31. The molecule has 106 valence electrons. The summed E-state index contributed by atoms with van der Waals surface area (Å²) in [4.78, 5) is 2.51. The first-order valence-corrected chi connectivity index (χ1v) is 8.73. The van der Waals surface area contributed by atoms with E-state index in [9.17, 15) is 0 Å². The van der Waals surface area contributed by atoms with Gasteiger partial charge in [0.25, 0.3) is 0 Å². The van der Waals surface area contributed by atoms with Crippen LogP contribution in [0.3, 0.4) is 0 Å². The summed E-state index contributed by atoms with van der Waals surface area (Å²) >= 11 is 9.74. The summed E-state index contributed by atoms with van der Waals surface area (Å²) < 4.78 is 0. The SMILES string of the molecule is CCC1(CC)CCN(c2cc(Cl)ccc2CBr)CC1. The summed E-state index contributed by atoms with van der Waals surface area (Å²) in [7, 11) is 0. The van der Waals surface area contributed by atoms with Crippen molar-refractivity contribution in [3.63, 3.8) is 0 Å². The van der Waals surface area contributed by atoms with Gasteiger partial charge < -0.3 is 4.90 Å². The molecule has 0 bridgehead atoms. The smallest absolute Gasteiger partial charge is 0.0426 e. The third kappa shape index (κ3) is 3.28. The maximum Gasteiger partial charge on any atom is 0.0426 e. The lowest BCUT2D eigenvalue weighted by atomic mass is 9.74. The third-order valence-electron chi connectivity index (χ3n) is 4.86. The summed E-state index contributed by atoms with van der Waals surface area (Å²) in [6, 6.07) is 6.23. The molecule has 1 heterocycles. The quantitative estimate of drug-likeness (QED) is 0.639. The number of alkyl halides is 1. The van der Waals surface area contributed by atoms with E-state index in [0.29, 0.717) is 5.41 Å². The number of nitrogens with zero attached hydrogens (tertiary/aromatic N) is 1. The van der Waals surface area contributed by atoms with Gasteiger partial charge >= 0.3 is 0 Å². The van der Waals surface area contributed by atoms with Crippen LogP contribution in [0.2, 0.25) is 5.02 Å². The molecule has 1 fully saturated rings. The molecule has 3 heteroatoms. The van der Waals surface area contributed by atoms with Gasteiger partial charge in [-0.2, -0.15) is 0 Å². The van der Waals surface area contributed by atoms with E-state index in [1.807, 2.05) is 6.07 Å². The Hall–Kier alpha value is -0.210. The number of rotatable bonds is 4. The zero-order chi connectivity index (χ0) is 13.9. The summed E-state index contributed by atoms with van der Waals surface area (Å²) in [5, 5.41) is 1.73. The van der Waals surface area contributed by atoms with E-state index >= 15 is 0 Å². The average molecular weight is 345 g/mol. The molecule has 19 heavy (non-hydrogen) atoms. The van der Waals surface area contributed by atoms with Gasteiger partial charge in [0, 0.05) is 29.1 Å². The van der Waals surface area contributed by atoms with Crippen LogP contribution in [0, 0.1) is 5.41 Å². The zero-order valence-electron chi connectivity index (χ0n) is 11.9. The van der Waals surface area contributed by atoms with Crippen molar-refractivity contribution in [2.45, 2.75) is 44.9 Å². The first-order chi connectivity index (χ1) is 9.14. The molecule has 0 atom stereocenters. The second-order valence-corrected chi connectivity index (χ2v) is 6.60. The van der Waals surface area contributed by atoms with Crippen molar-refractivity contribution < 1.29 is 0 Å². The molecule has 0 spiro atoms. The molecular weight excluding hydrogens is 322 g/mol. The fourth-order valence-electron chi connectivity index (χ4n) is 3.12. The number of piperidine rings is 1. The molecule has 0 aromatic heterocycles.